The van der Waals surface area contributed by atoms with E-state index >= 15 is 0 Å². The van der Waals surface area contributed by atoms with Gasteiger partial charge >= 0.3 is 5.97 Å². The van der Waals surface area contributed by atoms with E-state index in [1.54, 1.807) is 7.11 Å². The molecule has 0 saturated heterocycles. The molecule has 10 fully saturated rings. The highest BCUT2D eigenvalue weighted by atomic mass is 16.5. The first-order valence-electron chi connectivity index (χ1n) is 28.3. The minimum Gasteiger partial charge on any atom is -0.469 e. The number of carbonyl (C=O) groups is 2. The van der Waals surface area contributed by atoms with Gasteiger partial charge in [-0.1, -0.05) is 93.5 Å². The van der Waals surface area contributed by atoms with Crippen LogP contribution in [0.3, 0.4) is 0 Å². The number of fused-ring (bicyclic) bond motifs is 14. The van der Waals surface area contributed by atoms with E-state index in [0.29, 0.717) is 80.7 Å². The van der Waals surface area contributed by atoms with Crippen LogP contribution in [0.2, 0.25) is 0 Å². The quantitative estimate of drug-likeness (QED) is 0.217. The maximum Gasteiger partial charge on any atom is 0.312 e. The Morgan fingerprint density at radius 2 is 0.836 bits per heavy atom. The molecule has 0 amide bonds. The van der Waals surface area contributed by atoms with Gasteiger partial charge in [0.25, 0.3) is 0 Å². The van der Waals surface area contributed by atoms with Gasteiger partial charge in [0.2, 0.25) is 0 Å². The number of methoxy groups -OCH3 is 1. The van der Waals surface area contributed by atoms with Crippen molar-refractivity contribution in [1.82, 2.24) is 0 Å². The van der Waals surface area contributed by atoms with Gasteiger partial charge in [0.05, 0.1) is 24.7 Å². The molecular weight excluding hydrogens is 825 g/mol. The van der Waals surface area contributed by atoms with Crippen LogP contribution in [0.4, 0.5) is 0 Å². The Hall–Kier alpha value is -1.46. The van der Waals surface area contributed by atoms with Crippen molar-refractivity contribution >= 4 is 11.8 Å². The molecular formula is C62H100O5. The second kappa shape index (κ2) is 16.0. The Labute approximate surface area is 410 Å². The zero-order valence-corrected chi connectivity index (χ0v) is 45.6. The summed E-state index contributed by atoms with van der Waals surface area (Å²) in [5.41, 5.74) is 3.97. The number of ether oxygens (including phenoxy) is 1. The first-order chi connectivity index (χ1) is 31.0. The second-order valence-electron chi connectivity index (χ2n) is 29.5. The average Bonchev–Trinajstić information content (AvgIpc) is 3.86. The highest BCUT2D eigenvalue weighted by Crippen LogP contribution is 2.80. The number of Topliss-reactive ketones (excluding diaryl/α,β-unsaturated/α-hetero) is 1. The largest absolute Gasteiger partial charge is 0.469 e. The number of hydrogen-bond donors (Lipinski definition) is 2. The summed E-state index contributed by atoms with van der Waals surface area (Å²) in [7, 11) is 1.59. The topological polar surface area (TPSA) is 83.8 Å². The van der Waals surface area contributed by atoms with Crippen LogP contribution in [-0.2, 0) is 14.3 Å². The van der Waals surface area contributed by atoms with Crippen LogP contribution in [0.15, 0.2) is 24.3 Å². The lowest BCUT2D eigenvalue weighted by atomic mass is 9.32. The summed E-state index contributed by atoms with van der Waals surface area (Å²) in [5, 5.41) is 21.8. The molecule has 0 spiro atoms. The summed E-state index contributed by atoms with van der Waals surface area (Å²) < 4.78 is 5.49. The number of aliphatic hydroxyl groups excluding tert-OH is 2. The van der Waals surface area contributed by atoms with Crippen LogP contribution >= 0.6 is 0 Å². The van der Waals surface area contributed by atoms with Gasteiger partial charge in [-0.3, -0.25) is 9.59 Å². The van der Waals surface area contributed by atoms with Crippen molar-refractivity contribution in [3.63, 3.8) is 0 Å². The van der Waals surface area contributed by atoms with Gasteiger partial charge in [-0.2, -0.15) is 0 Å². The van der Waals surface area contributed by atoms with E-state index in [1.165, 1.54) is 75.4 Å². The van der Waals surface area contributed by atoms with Crippen molar-refractivity contribution in [2.24, 2.45) is 113 Å². The maximum absolute atomic E-state index is 13.3. The molecule has 67 heavy (non-hydrogen) atoms. The third-order valence-electron chi connectivity index (χ3n) is 27.4. The molecule has 5 nitrogen and oxygen atoms in total. The first-order valence-corrected chi connectivity index (χ1v) is 28.3. The zero-order valence-electron chi connectivity index (χ0n) is 45.6. The zero-order chi connectivity index (χ0) is 49.1. The number of rotatable bonds is 4. The SMILES string of the molecule is C=C(C)[C@@H]1CC[C@]2(C(=O)OC)CC[C@]3(C)C(CCC4[C@@]5(C)CC[C@H](O)C(C)(C)C5CC[C@]43C)C12.C=C(C)[C@@H]1CC[C@]2(C(C)=O)CC[C@]3(C)C(CCC4[C@@]5(C)CC[C@H](O)C(C)(C)C5CC[C@]43C)C12. The number of carbonyl (C=O) groups excluding carboxylic acids is 2. The number of esters is 1. The molecule has 5 heteroatoms. The summed E-state index contributed by atoms with van der Waals surface area (Å²) in [6.45, 7) is 40.3. The Bertz CT molecular complexity index is 2020. The Morgan fingerprint density at radius 3 is 1.22 bits per heavy atom. The molecule has 0 aliphatic heterocycles. The van der Waals surface area contributed by atoms with Gasteiger partial charge in [0.1, 0.15) is 5.78 Å². The fraction of sp³-hybridized carbons (Fsp3) is 0.903. The number of ketones is 1. The van der Waals surface area contributed by atoms with Crippen LogP contribution < -0.4 is 0 Å². The molecule has 10 aliphatic carbocycles. The minimum atomic E-state index is -0.302. The molecule has 8 unspecified atom stereocenters. The van der Waals surface area contributed by atoms with E-state index in [1.807, 2.05) is 6.92 Å². The van der Waals surface area contributed by atoms with Gasteiger partial charge in [-0.05, 0) is 252 Å². The van der Waals surface area contributed by atoms with E-state index in [2.05, 4.69) is 96.2 Å². The maximum atomic E-state index is 13.3. The third-order valence-corrected chi connectivity index (χ3v) is 27.4. The number of hydrogen-bond acceptors (Lipinski definition) is 5. The Kier molecular flexibility index (Phi) is 12.1. The average molecular weight is 925 g/mol. The molecule has 0 radical (unpaired) electrons. The standard InChI is InChI=1S/C31H50O3.C31H50O2/c1-19(2)20-11-16-31(26(33)34-8)18-17-29(6)21(25(20)31)9-10-23-28(5)14-13-24(32)27(3,4)22(28)12-15-30(23,29)7;1-19(2)21-11-16-31(20(3)32)18-17-29(7)22(26(21)31)9-10-24-28(6)14-13-25(33)27(4,5)23(28)12-15-30(24,29)8/h20-25,32H,1,9-18H2,2-8H3;21-26,33H,1,9-18H2,2-8H3/t20-,21?,22?,23?,24-,25?,28-,29+,30+,31-;21-,22?,23?,24?,25-,26?,28-,29+,30+,31+/m00/s1. The minimum absolute atomic E-state index is 0.00478. The van der Waals surface area contributed by atoms with Crippen LogP contribution in [-0.4, -0.2) is 41.3 Å². The fourth-order valence-electron chi connectivity index (χ4n) is 23.4. The van der Waals surface area contributed by atoms with Crippen molar-refractivity contribution in [2.45, 2.75) is 231 Å². The number of allylic oxidation sites excluding steroid dienone is 2. The molecule has 10 saturated carbocycles. The molecule has 10 aliphatic rings. The van der Waals surface area contributed by atoms with Crippen molar-refractivity contribution in [2.75, 3.05) is 7.11 Å². The Morgan fingerprint density at radius 1 is 0.448 bits per heavy atom. The van der Waals surface area contributed by atoms with E-state index in [-0.39, 0.29) is 50.7 Å². The second-order valence-corrected chi connectivity index (χ2v) is 29.5. The van der Waals surface area contributed by atoms with Crippen LogP contribution in [0.1, 0.15) is 218 Å². The predicted molar refractivity (Wildman–Crippen MR) is 273 cm³/mol. The summed E-state index contributed by atoms with van der Waals surface area (Å²) in [5.74, 6) is 6.19. The van der Waals surface area contributed by atoms with Crippen molar-refractivity contribution in [3.05, 3.63) is 24.3 Å². The van der Waals surface area contributed by atoms with E-state index in [4.69, 9.17) is 4.74 Å². The molecule has 0 aromatic rings. The fourth-order valence-corrected chi connectivity index (χ4v) is 23.4. The molecule has 2 N–H and O–H groups in total. The lowest BCUT2D eigenvalue weighted by Gasteiger charge is -2.72. The van der Waals surface area contributed by atoms with Gasteiger partial charge in [0.15, 0.2) is 0 Å². The van der Waals surface area contributed by atoms with E-state index < -0.39 is 0 Å². The van der Waals surface area contributed by atoms with Gasteiger partial charge in [0, 0.05) is 5.41 Å². The van der Waals surface area contributed by atoms with Crippen molar-refractivity contribution in [1.29, 1.82) is 0 Å². The molecule has 10 rings (SSSR count). The molecule has 20 atom stereocenters. The van der Waals surface area contributed by atoms with Crippen LogP contribution in [0.5, 0.6) is 0 Å². The highest BCUT2D eigenvalue weighted by Gasteiger charge is 2.74. The summed E-state index contributed by atoms with van der Waals surface area (Å²) in [4.78, 5) is 26.5. The monoisotopic (exact) mass is 925 g/mol. The lowest BCUT2D eigenvalue weighted by Crippen LogP contribution is -2.67. The first kappa shape index (κ1) is 50.5. The lowest BCUT2D eigenvalue weighted by molar-refractivity contribution is -0.248. The molecule has 0 bridgehead atoms. The molecule has 0 heterocycles. The van der Waals surface area contributed by atoms with Crippen LogP contribution in [0, 0.1) is 113 Å². The van der Waals surface area contributed by atoms with Gasteiger partial charge < -0.3 is 14.9 Å². The number of aliphatic hydroxyl groups is 2. The third kappa shape index (κ3) is 6.40. The van der Waals surface area contributed by atoms with Gasteiger partial charge in [-0.25, -0.2) is 0 Å². The van der Waals surface area contributed by atoms with E-state index in [0.717, 1.165) is 70.1 Å². The smallest absolute Gasteiger partial charge is 0.312 e. The summed E-state index contributed by atoms with van der Waals surface area (Å²) >= 11 is 0. The summed E-state index contributed by atoms with van der Waals surface area (Å²) in [6.07, 6.45) is 22.8. The van der Waals surface area contributed by atoms with Crippen LogP contribution in [0.25, 0.3) is 0 Å². The highest BCUT2D eigenvalue weighted by molar-refractivity contribution is 5.83. The van der Waals surface area contributed by atoms with Crippen molar-refractivity contribution in [3.8, 4) is 0 Å². The molecule has 0 aromatic heterocycles. The Balaban J connectivity index is 0.000000168. The predicted octanol–water partition coefficient (Wildman–Crippen LogP) is 14.8. The normalized spacial score (nSPS) is 54.3. The van der Waals surface area contributed by atoms with E-state index in [9.17, 15) is 19.8 Å². The molecule has 378 valence electrons. The summed E-state index contributed by atoms with van der Waals surface area (Å²) in [6, 6.07) is 0. The molecule has 0 aromatic carbocycles. The van der Waals surface area contributed by atoms with Crippen molar-refractivity contribution < 1.29 is 24.5 Å². The van der Waals surface area contributed by atoms with Gasteiger partial charge in [-0.15, -0.1) is 0 Å².